The molecular formula is C32H27F4N3O3. The molecular weight excluding hydrogens is 550 g/mol. The predicted molar refractivity (Wildman–Crippen MR) is 147 cm³/mol. The van der Waals surface area contributed by atoms with Crippen LogP contribution in [0.5, 0.6) is 0 Å². The van der Waals surface area contributed by atoms with Crippen molar-refractivity contribution in [2.24, 2.45) is 0 Å². The number of hydrogen-bond acceptors (Lipinski definition) is 4. The number of nitrogens with zero attached hydrogens (tertiary/aromatic N) is 2. The Morgan fingerprint density at radius 1 is 1.00 bits per heavy atom. The Morgan fingerprint density at radius 3 is 2.43 bits per heavy atom. The zero-order valence-corrected chi connectivity index (χ0v) is 22.4. The summed E-state index contributed by atoms with van der Waals surface area (Å²) in [4.78, 5) is 35.6. The highest BCUT2D eigenvalue weighted by molar-refractivity contribution is 5.82. The van der Waals surface area contributed by atoms with Crippen LogP contribution in [0.25, 0.3) is 11.1 Å². The Kier molecular flexibility index (Phi) is 6.97. The van der Waals surface area contributed by atoms with Crippen molar-refractivity contribution in [3.05, 3.63) is 123 Å². The van der Waals surface area contributed by atoms with E-state index in [1.807, 2.05) is 30.3 Å². The van der Waals surface area contributed by atoms with Gasteiger partial charge in [-0.05, 0) is 72.2 Å². The van der Waals surface area contributed by atoms with Crippen LogP contribution in [0.4, 0.5) is 17.6 Å². The number of aliphatic hydroxyl groups excluding tert-OH is 1. The number of H-pyrrole nitrogens is 1. The minimum Gasteiger partial charge on any atom is -0.378 e. The Morgan fingerprint density at radius 2 is 1.71 bits per heavy atom. The summed E-state index contributed by atoms with van der Waals surface area (Å²) in [6.45, 7) is 0.0929. The van der Waals surface area contributed by atoms with E-state index in [-0.39, 0.29) is 24.5 Å². The van der Waals surface area contributed by atoms with Crippen LogP contribution in [0.1, 0.15) is 59.1 Å². The third kappa shape index (κ3) is 5.22. The van der Waals surface area contributed by atoms with Crippen LogP contribution in [0, 0.1) is 5.82 Å². The summed E-state index contributed by atoms with van der Waals surface area (Å²) in [5.74, 6) is -0.574. The van der Waals surface area contributed by atoms with E-state index in [1.54, 1.807) is 6.07 Å². The van der Waals surface area contributed by atoms with E-state index in [9.17, 15) is 32.3 Å². The number of aromatic nitrogens is 2. The van der Waals surface area contributed by atoms with E-state index >= 15 is 0 Å². The third-order valence-corrected chi connectivity index (χ3v) is 8.14. The highest BCUT2D eigenvalue weighted by atomic mass is 19.4. The zero-order valence-electron chi connectivity index (χ0n) is 22.4. The number of aliphatic hydroxyl groups is 1. The van der Waals surface area contributed by atoms with E-state index in [1.165, 1.54) is 23.1 Å². The van der Waals surface area contributed by atoms with Crippen molar-refractivity contribution in [3.63, 3.8) is 0 Å². The van der Waals surface area contributed by atoms with Crippen LogP contribution < -0.4 is 5.56 Å². The SMILES string of the molecule is O=C([C@H](O)c1cccc(C(F)(F)F)c1)N1CCCc2nc(C3(c4cccc(-c5cccc(F)c5)c4)CC3)[nH]c(=O)c2C1. The fourth-order valence-corrected chi connectivity index (χ4v) is 5.69. The van der Waals surface area contributed by atoms with Crippen molar-refractivity contribution >= 4 is 5.91 Å². The molecule has 0 saturated heterocycles. The maximum absolute atomic E-state index is 13.8. The molecule has 2 heterocycles. The zero-order chi connectivity index (χ0) is 29.6. The number of carbonyl (C=O) groups is 1. The largest absolute Gasteiger partial charge is 0.416 e. The van der Waals surface area contributed by atoms with Gasteiger partial charge in [0.15, 0.2) is 6.10 Å². The molecule has 0 bridgehead atoms. The summed E-state index contributed by atoms with van der Waals surface area (Å²) in [5.41, 5.74) is 1.40. The van der Waals surface area contributed by atoms with E-state index < -0.39 is 34.7 Å². The molecule has 6 rings (SSSR count). The molecule has 3 aromatic carbocycles. The standard InChI is InChI=1S/C32H27F4N3O3/c33-24-10-3-6-20(17-24)19-5-1-8-22(15-19)31(12-13-31)30-37-26-11-4-14-39(18-25(26)28(41)38-30)29(42)27(40)21-7-2-9-23(16-21)32(34,35)36/h1-3,5-10,15-17,27,40H,4,11-14,18H2,(H,37,38,41)/t27-/m1/s1. The van der Waals surface area contributed by atoms with Gasteiger partial charge in [0.05, 0.1) is 28.8 Å². The average Bonchev–Trinajstić information content (AvgIpc) is 3.81. The lowest BCUT2D eigenvalue weighted by Crippen LogP contribution is -2.36. The minimum atomic E-state index is -4.61. The summed E-state index contributed by atoms with van der Waals surface area (Å²) in [6.07, 6.45) is -3.98. The van der Waals surface area contributed by atoms with Gasteiger partial charge in [-0.15, -0.1) is 0 Å². The molecule has 1 atom stereocenters. The van der Waals surface area contributed by atoms with Crippen molar-refractivity contribution in [2.75, 3.05) is 6.54 Å². The predicted octanol–water partition coefficient (Wildman–Crippen LogP) is 5.68. The van der Waals surface area contributed by atoms with E-state index in [2.05, 4.69) is 4.98 Å². The number of nitrogens with one attached hydrogen (secondary N) is 1. The van der Waals surface area contributed by atoms with Crippen LogP contribution in [-0.2, 0) is 29.4 Å². The summed E-state index contributed by atoms with van der Waals surface area (Å²) in [5, 5.41) is 10.7. The van der Waals surface area contributed by atoms with Crippen LogP contribution in [-0.4, -0.2) is 32.4 Å². The monoisotopic (exact) mass is 577 g/mol. The van der Waals surface area contributed by atoms with Crippen LogP contribution in [0.15, 0.2) is 77.6 Å². The molecule has 42 heavy (non-hydrogen) atoms. The molecule has 1 aliphatic carbocycles. The lowest BCUT2D eigenvalue weighted by Gasteiger charge is -2.24. The number of hydrogen-bond donors (Lipinski definition) is 2. The third-order valence-electron chi connectivity index (χ3n) is 8.14. The number of aromatic amines is 1. The lowest BCUT2D eigenvalue weighted by molar-refractivity contribution is -0.142. The first-order chi connectivity index (χ1) is 20.0. The molecule has 1 fully saturated rings. The molecule has 2 N–H and O–H groups in total. The highest BCUT2D eigenvalue weighted by Gasteiger charge is 2.49. The van der Waals surface area contributed by atoms with Crippen LogP contribution in [0.3, 0.4) is 0 Å². The molecule has 1 aromatic heterocycles. The van der Waals surface area contributed by atoms with Crippen molar-refractivity contribution < 1.29 is 27.5 Å². The topological polar surface area (TPSA) is 86.3 Å². The van der Waals surface area contributed by atoms with Crippen molar-refractivity contribution in [2.45, 2.75) is 49.9 Å². The minimum absolute atomic E-state index is 0.116. The first kappa shape index (κ1) is 27.8. The first-order valence-electron chi connectivity index (χ1n) is 13.7. The molecule has 4 aromatic rings. The molecule has 216 valence electrons. The quantitative estimate of drug-likeness (QED) is 0.299. The van der Waals surface area contributed by atoms with Gasteiger partial charge in [-0.1, -0.05) is 48.5 Å². The van der Waals surface area contributed by atoms with Gasteiger partial charge in [-0.25, -0.2) is 9.37 Å². The average molecular weight is 578 g/mol. The molecule has 0 radical (unpaired) electrons. The summed E-state index contributed by atoms with van der Waals surface area (Å²) >= 11 is 0. The van der Waals surface area contributed by atoms with Gasteiger partial charge >= 0.3 is 6.18 Å². The molecule has 1 amide bonds. The molecule has 10 heteroatoms. The summed E-state index contributed by atoms with van der Waals surface area (Å²) in [7, 11) is 0. The van der Waals surface area contributed by atoms with Crippen molar-refractivity contribution in [3.8, 4) is 11.1 Å². The van der Waals surface area contributed by atoms with Gasteiger partial charge in [-0.2, -0.15) is 13.2 Å². The molecule has 0 spiro atoms. The summed E-state index contributed by atoms with van der Waals surface area (Å²) in [6, 6.07) is 18.1. The van der Waals surface area contributed by atoms with Crippen LogP contribution >= 0.6 is 0 Å². The smallest absolute Gasteiger partial charge is 0.378 e. The van der Waals surface area contributed by atoms with Gasteiger partial charge in [0.1, 0.15) is 11.6 Å². The molecule has 0 unspecified atom stereocenters. The number of rotatable bonds is 5. The molecule has 6 nitrogen and oxygen atoms in total. The Hall–Kier alpha value is -4.31. The number of halogens is 4. The maximum Gasteiger partial charge on any atom is 0.416 e. The van der Waals surface area contributed by atoms with Gasteiger partial charge in [0.2, 0.25) is 0 Å². The van der Waals surface area contributed by atoms with E-state index in [4.69, 9.17) is 4.98 Å². The number of benzene rings is 3. The molecule has 2 aliphatic rings. The second-order valence-corrected chi connectivity index (χ2v) is 10.9. The first-order valence-corrected chi connectivity index (χ1v) is 13.7. The van der Waals surface area contributed by atoms with Gasteiger partial charge in [-0.3, -0.25) is 9.59 Å². The number of fused-ring (bicyclic) bond motifs is 1. The van der Waals surface area contributed by atoms with Crippen molar-refractivity contribution in [1.29, 1.82) is 0 Å². The van der Waals surface area contributed by atoms with Gasteiger partial charge in [0.25, 0.3) is 11.5 Å². The Bertz CT molecular complexity index is 1730. The van der Waals surface area contributed by atoms with Gasteiger partial charge in [0, 0.05) is 6.54 Å². The van der Waals surface area contributed by atoms with Crippen molar-refractivity contribution in [1.82, 2.24) is 14.9 Å². The fourth-order valence-electron chi connectivity index (χ4n) is 5.69. The van der Waals surface area contributed by atoms with E-state index in [0.717, 1.165) is 47.7 Å². The Labute approximate surface area is 238 Å². The van der Waals surface area contributed by atoms with E-state index in [0.29, 0.717) is 29.9 Å². The molecule has 1 aliphatic heterocycles. The normalized spacial score (nSPS) is 16.8. The number of carbonyl (C=O) groups excluding carboxylic acids is 1. The molecule has 1 saturated carbocycles. The highest BCUT2D eigenvalue weighted by Crippen LogP contribution is 2.52. The Balaban J connectivity index is 1.27. The second-order valence-electron chi connectivity index (χ2n) is 10.9. The maximum atomic E-state index is 13.8. The number of alkyl halides is 3. The lowest BCUT2D eigenvalue weighted by atomic mass is 9.91. The van der Waals surface area contributed by atoms with Gasteiger partial charge < -0.3 is 15.0 Å². The second kappa shape index (κ2) is 10.5. The number of amides is 1. The fraction of sp³-hybridized carbons (Fsp3) is 0.281. The van der Waals surface area contributed by atoms with Crippen LogP contribution in [0.2, 0.25) is 0 Å². The number of aryl methyl sites for hydroxylation is 1. The summed E-state index contributed by atoms with van der Waals surface area (Å²) < 4.78 is 53.3.